The smallest absolute Gasteiger partial charge is 0.166 e. The van der Waals surface area contributed by atoms with Gasteiger partial charge in [0.05, 0.1) is 14.2 Å². The number of hydrogen-bond acceptors (Lipinski definition) is 3. The number of methoxy groups -OCH3 is 2. The van der Waals surface area contributed by atoms with Crippen LogP contribution in [0, 0.1) is 19.7 Å². The highest BCUT2D eigenvalue weighted by Gasteiger charge is 2.24. The first-order valence-corrected chi connectivity index (χ1v) is 6.73. The van der Waals surface area contributed by atoms with Gasteiger partial charge in [0.15, 0.2) is 11.5 Å². The van der Waals surface area contributed by atoms with E-state index in [2.05, 4.69) is 5.32 Å². The number of benzene rings is 1. The van der Waals surface area contributed by atoms with Crippen molar-refractivity contribution in [1.29, 1.82) is 0 Å². The fourth-order valence-corrected chi connectivity index (χ4v) is 2.88. The Morgan fingerprint density at radius 1 is 1.16 bits per heavy atom. The zero-order valence-electron chi connectivity index (χ0n) is 12.1. The van der Waals surface area contributed by atoms with Crippen molar-refractivity contribution < 1.29 is 13.9 Å². The van der Waals surface area contributed by atoms with E-state index in [-0.39, 0.29) is 5.82 Å². The molecule has 1 N–H and O–H groups in total. The lowest BCUT2D eigenvalue weighted by Crippen LogP contribution is -2.24. The molecule has 1 fully saturated rings. The van der Waals surface area contributed by atoms with Gasteiger partial charge in [-0.3, -0.25) is 0 Å². The number of nitrogens with one attached hydrogen (secondary N) is 1. The maximum Gasteiger partial charge on any atom is 0.166 e. The zero-order valence-corrected chi connectivity index (χ0v) is 12.1. The van der Waals surface area contributed by atoms with Gasteiger partial charge in [0.1, 0.15) is 5.82 Å². The molecular weight excluding hydrogens is 245 g/mol. The van der Waals surface area contributed by atoms with E-state index in [1.165, 1.54) is 6.42 Å². The Kier molecular flexibility index (Phi) is 4.30. The van der Waals surface area contributed by atoms with Gasteiger partial charge in [0.2, 0.25) is 0 Å². The summed E-state index contributed by atoms with van der Waals surface area (Å²) >= 11 is 0. The molecule has 0 saturated carbocycles. The van der Waals surface area contributed by atoms with Crippen LogP contribution in [0.25, 0.3) is 0 Å². The molecule has 1 aliphatic heterocycles. The summed E-state index contributed by atoms with van der Waals surface area (Å²) in [6.07, 6.45) is 3.08. The van der Waals surface area contributed by atoms with Gasteiger partial charge in [0, 0.05) is 17.2 Å². The summed E-state index contributed by atoms with van der Waals surface area (Å²) < 4.78 is 25.1. The largest absolute Gasteiger partial charge is 0.493 e. The van der Waals surface area contributed by atoms with Gasteiger partial charge >= 0.3 is 0 Å². The van der Waals surface area contributed by atoms with E-state index >= 15 is 0 Å². The maximum absolute atomic E-state index is 14.3. The molecule has 106 valence electrons. The van der Waals surface area contributed by atoms with E-state index in [0.29, 0.717) is 28.7 Å². The molecule has 1 aliphatic rings. The average Bonchev–Trinajstić information content (AvgIpc) is 2.92. The van der Waals surface area contributed by atoms with Gasteiger partial charge in [-0.2, -0.15) is 0 Å². The van der Waals surface area contributed by atoms with E-state index in [4.69, 9.17) is 9.47 Å². The molecule has 0 bridgehead atoms. The molecule has 4 heteroatoms. The molecule has 0 spiro atoms. The molecule has 1 aromatic carbocycles. The summed E-state index contributed by atoms with van der Waals surface area (Å²) in [5.74, 6) is 0.997. The SMILES string of the molecule is COc1c(C)c(F)c(C)c(CC2CCCN2)c1OC. The van der Waals surface area contributed by atoms with E-state index < -0.39 is 0 Å². The highest BCUT2D eigenvalue weighted by atomic mass is 19.1. The summed E-state index contributed by atoms with van der Waals surface area (Å²) in [5, 5.41) is 3.44. The molecule has 1 heterocycles. The van der Waals surface area contributed by atoms with Crippen molar-refractivity contribution >= 4 is 0 Å². The van der Waals surface area contributed by atoms with Crippen molar-refractivity contribution in [3.8, 4) is 11.5 Å². The minimum absolute atomic E-state index is 0.189. The van der Waals surface area contributed by atoms with Crippen molar-refractivity contribution in [2.45, 2.75) is 39.2 Å². The molecular formula is C15H22FNO2. The summed E-state index contributed by atoms with van der Waals surface area (Å²) in [4.78, 5) is 0. The second-order valence-corrected chi connectivity index (χ2v) is 5.11. The van der Waals surface area contributed by atoms with E-state index in [1.807, 2.05) is 6.92 Å². The van der Waals surface area contributed by atoms with Crippen LogP contribution in [0.3, 0.4) is 0 Å². The van der Waals surface area contributed by atoms with Crippen molar-refractivity contribution in [3.63, 3.8) is 0 Å². The van der Waals surface area contributed by atoms with Crippen LogP contribution in [0.4, 0.5) is 4.39 Å². The lowest BCUT2D eigenvalue weighted by atomic mass is 9.95. The quantitative estimate of drug-likeness (QED) is 0.910. The van der Waals surface area contributed by atoms with Gasteiger partial charge in [-0.05, 0) is 45.2 Å². The Labute approximate surface area is 114 Å². The lowest BCUT2D eigenvalue weighted by molar-refractivity contribution is 0.344. The highest BCUT2D eigenvalue weighted by Crippen LogP contribution is 2.39. The summed E-state index contributed by atoms with van der Waals surface area (Å²) in [5.41, 5.74) is 2.10. The Morgan fingerprint density at radius 3 is 2.37 bits per heavy atom. The minimum atomic E-state index is -0.189. The molecule has 19 heavy (non-hydrogen) atoms. The first-order valence-electron chi connectivity index (χ1n) is 6.73. The molecule has 1 saturated heterocycles. The minimum Gasteiger partial charge on any atom is -0.493 e. The second-order valence-electron chi connectivity index (χ2n) is 5.11. The fourth-order valence-electron chi connectivity index (χ4n) is 2.88. The number of ether oxygens (including phenoxy) is 2. The van der Waals surface area contributed by atoms with Gasteiger partial charge in [-0.15, -0.1) is 0 Å². The lowest BCUT2D eigenvalue weighted by Gasteiger charge is -2.20. The monoisotopic (exact) mass is 267 g/mol. The molecule has 0 amide bonds. The topological polar surface area (TPSA) is 30.5 Å². The van der Waals surface area contributed by atoms with Crippen LogP contribution in [0.15, 0.2) is 0 Å². The molecule has 1 atom stereocenters. The Morgan fingerprint density at radius 2 is 1.84 bits per heavy atom. The Hall–Kier alpha value is -1.29. The van der Waals surface area contributed by atoms with Crippen molar-refractivity contribution in [2.75, 3.05) is 20.8 Å². The Bertz CT molecular complexity index is 468. The van der Waals surface area contributed by atoms with Gasteiger partial charge < -0.3 is 14.8 Å². The van der Waals surface area contributed by atoms with E-state index in [0.717, 1.165) is 24.9 Å². The maximum atomic E-state index is 14.3. The fraction of sp³-hybridized carbons (Fsp3) is 0.600. The summed E-state index contributed by atoms with van der Waals surface area (Å²) in [6.45, 7) is 4.58. The third-order valence-corrected chi connectivity index (χ3v) is 3.95. The normalized spacial score (nSPS) is 18.7. The number of halogens is 1. The van der Waals surface area contributed by atoms with E-state index in [1.54, 1.807) is 21.1 Å². The van der Waals surface area contributed by atoms with Crippen LogP contribution in [-0.2, 0) is 6.42 Å². The molecule has 2 rings (SSSR count). The third-order valence-electron chi connectivity index (χ3n) is 3.95. The highest BCUT2D eigenvalue weighted by molar-refractivity contribution is 5.56. The van der Waals surface area contributed by atoms with Crippen molar-refractivity contribution in [3.05, 3.63) is 22.5 Å². The predicted molar refractivity (Wildman–Crippen MR) is 73.7 cm³/mol. The predicted octanol–water partition coefficient (Wildman–Crippen LogP) is 2.75. The standard InChI is InChI=1S/C15H22FNO2/c1-9-12(8-11-6-5-7-17-11)15(19-4)14(18-3)10(2)13(9)16/h11,17H,5-8H2,1-4H3. The van der Waals surface area contributed by atoms with Crippen LogP contribution in [0.5, 0.6) is 11.5 Å². The number of rotatable bonds is 4. The third kappa shape index (κ3) is 2.54. The van der Waals surface area contributed by atoms with E-state index in [9.17, 15) is 4.39 Å². The Balaban J connectivity index is 2.47. The second kappa shape index (κ2) is 5.78. The van der Waals surface area contributed by atoms with Crippen LogP contribution >= 0.6 is 0 Å². The summed E-state index contributed by atoms with van der Waals surface area (Å²) in [7, 11) is 3.16. The first-order chi connectivity index (χ1) is 9.10. The van der Waals surface area contributed by atoms with Crippen LogP contribution in [0.2, 0.25) is 0 Å². The van der Waals surface area contributed by atoms with Crippen molar-refractivity contribution in [2.24, 2.45) is 0 Å². The average molecular weight is 267 g/mol. The molecule has 0 radical (unpaired) electrons. The van der Waals surface area contributed by atoms with Crippen molar-refractivity contribution in [1.82, 2.24) is 5.32 Å². The van der Waals surface area contributed by atoms with Crippen LogP contribution in [0.1, 0.15) is 29.5 Å². The first kappa shape index (κ1) is 14.1. The van der Waals surface area contributed by atoms with Gasteiger partial charge in [-0.1, -0.05) is 0 Å². The zero-order chi connectivity index (χ0) is 14.0. The van der Waals surface area contributed by atoms with Crippen LogP contribution in [-0.4, -0.2) is 26.8 Å². The number of hydrogen-bond donors (Lipinski definition) is 1. The molecule has 3 nitrogen and oxygen atoms in total. The molecule has 0 aliphatic carbocycles. The van der Waals surface area contributed by atoms with Crippen LogP contribution < -0.4 is 14.8 Å². The molecule has 1 unspecified atom stereocenters. The summed E-state index contributed by atoms with van der Waals surface area (Å²) in [6, 6.07) is 0.402. The molecule has 0 aromatic heterocycles. The van der Waals surface area contributed by atoms with Gasteiger partial charge in [-0.25, -0.2) is 4.39 Å². The van der Waals surface area contributed by atoms with Gasteiger partial charge in [0.25, 0.3) is 0 Å². The molecule has 1 aromatic rings.